The molecule has 0 bridgehead atoms. The third kappa shape index (κ3) is 11.3. The van der Waals surface area contributed by atoms with E-state index in [1.165, 1.54) is 14.2 Å². The minimum Gasteiger partial charge on any atom is -0.493 e. The molecule has 15 nitrogen and oxygen atoms in total. The number of hydrogen-bond donors (Lipinski definition) is 3. The largest absolute Gasteiger partial charge is 0.493 e. The Bertz CT molecular complexity index is 3150. The fourth-order valence-corrected chi connectivity index (χ4v) is 8.16. The van der Waals surface area contributed by atoms with Gasteiger partial charge in [0.2, 0.25) is 0 Å². The fourth-order valence-electron chi connectivity index (χ4n) is 7.86. The summed E-state index contributed by atoms with van der Waals surface area (Å²) >= 11 is 6.24. The van der Waals surface area contributed by atoms with Crippen molar-refractivity contribution in [3.8, 4) is 33.8 Å². The minimum atomic E-state index is -0.532. The normalized spacial score (nSPS) is 11.5. The number of H-pyrrole nitrogens is 2. The van der Waals surface area contributed by atoms with Gasteiger partial charge in [0, 0.05) is 214 Å². The van der Waals surface area contributed by atoms with Crippen LogP contribution in [-0.2, 0) is 191 Å². The van der Waals surface area contributed by atoms with Gasteiger partial charge in [0.1, 0.15) is 51.3 Å². The second kappa shape index (κ2) is 24.8. The standard InChI is InChI=1S/C24H24FN7O2.C17H14ClFN4O2.CH4.Pd.5Y/c1-10-18(11(2)34-31-10)14-8-16-19(21(25)22(14)33-5)20-23(28-16)26-12(3)27-24(20)29-17-9-15(13-6-7-13)30-32(17)4;1-6-11(7(2)25-23-6)9-5-10-12(14(19)15(9)24-4)13-16(18)20-8(3)21-17(13)22-10;;;;;;;/h8-9,13H,6-7H2,1-5H3,(H2,26,27,28,29);5H,1-4H3,(H,20,21,22);1H4;;;;;;. The number of halogens is 3. The number of rotatable bonds is 7. The summed E-state index contributed by atoms with van der Waals surface area (Å²) in [5, 5.41) is 17.8. The molecule has 66 heavy (non-hydrogen) atoms. The van der Waals surface area contributed by atoms with Crippen molar-refractivity contribution >= 4 is 67.1 Å². The first kappa shape index (κ1) is 61.7. The summed E-state index contributed by atoms with van der Waals surface area (Å²) in [7, 11) is 4.76. The van der Waals surface area contributed by atoms with Gasteiger partial charge in [-0.15, -0.1) is 0 Å². The second-order valence-corrected chi connectivity index (χ2v) is 15.0. The van der Waals surface area contributed by atoms with Crippen LogP contribution in [0.3, 0.4) is 0 Å². The first-order valence-corrected chi connectivity index (χ1v) is 19.1. The number of nitrogens with zero attached hydrogens (tertiary/aromatic N) is 8. The van der Waals surface area contributed by atoms with Crippen LogP contribution in [0, 0.1) is 53.2 Å². The first-order valence-electron chi connectivity index (χ1n) is 18.7. The van der Waals surface area contributed by atoms with Gasteiger partial charge in [0.25, 0.3) is 0 Å². The summed E-state index contributed by atoms with van der Waals surface area (Å²) in [6.07, 6.45) is 2.32. The predicted octanol–water partition coefficient (Wildman–Crippen LogP) is 10.3. The first-order chi connectivity index (χ1) is 28.3. The molecule has 2 aromatic carbocycles. The van der Waals surface area contributed by atoms with Crippen molar-refractivity contribution in [2.45, 2.75) is 67.7 Å². The van der Waals surface area contributed by atoms with Crippen molar-refractivity contribution in [3.63, 3.8) is 0 Å². The van der Waals surface area contributed by atoms with Gasteiger partial charge in [-0.25, -0.2) is 28.7 Å². The smallest absolute Gasteiger partial charge is 0.175 e. The average Bonchev–Trinajstić information content (AvgIpc) is 3.35. The molecule has 0 unspecified atom stereocenters. The summed E-state index contributed by atoms with van der Waals surface area (Å²) in [6.45, 7) is 10.7. The number of nitrogens with one attached hydrogen (secondary N) is 3. The van der Waals surface area contributed by atoms with Crippen molar-refractivity contribution in [1.82, 2.24) is 50.0 Å². The summed E-state index contributed by atoms with van der Waals surface area (Å²) < 4.78 is 54.6. The maximum Gasteiger partial charge on any atom is 0.175 e. The second-order valence-electron chi connectivity index (χ2n) is 14.6. The quantitative estimate of drug-likeness (QED) is 0.102. The summed E-state index contributed by atoms with van der Waals surface area (Å²) in [4.78, 5) is 24.0. The molecule has 3 N–H and O–H groups in total. The Hall–Kier alpha value is -0.438. The van der Waals surface area contributed by atoms with Crippen molar-refractivity contribution in [2.24, 2.45) is 7.05 Å². The van der Waals surface area contributed by atoms with E-state index < -0.39 is 11.6 Å². The number of aryl methyl sites for hydroxylation is 7. The van der Waals surface area contributed by atoms with Crippen molar-refractivity contribution in [1.29, 1.82) is 0 Å². The molecule has 24 heteroatoms. The molecule has 1 aliphatic rings. The fraction of sp³-hybridized carbons (Fsp3) is 0.310. The molecule has 0 spiro atoms. The van der Waals surface area contributed by atoms with E-state index >= 15 is 8.78 Å². The van der Waals surface area contributed by atoms with Crippen molar-refractivity contribution < 1.29 is 211 Å². The molecule has 0 atom stereocenters. The zero-order valence-corrected chi connectivity index (χ0v) is 53.3. The van der Waals surface area contributed by atoms with Gasteiger partial charge in [0.15, 0.2) is 23.1 Å². The zero-order chi connectivity index (χ0) is 41.6. The van der Waals surface area contributed by atoms with Crippen LogP contribution in [0.4, 0.5) is 20.4 Å². The maximum absolute atomic E-state index is 16.1. The molecule has 1 aliphatic carbocycles. The third-order valence-electron chi connectivity index (χ3n) is 10.6. The molecule has 1 fully saturated rings. The van der Waals surface area contributed by atoms with Gasteiger partial charge in [0.05, 0.1) is 75.0 Å². The van der Waals surface area contributed by atoms with Gasteiger partial charge in [-0.05, 0) is 66.5 Å². The van der Waals surface area contributed by atoms with E-state index in [0.29, 0.717) is 112 Å². The van der Waals surface area contributed by atoms with Crippen LogP contribution < -0.4 is 14.8 Å². The molecular weight excluding hydrogens is 1350 g/mol. The topological polar surface area (TPSA) is 184 Å². The third-order valence-corrected chi connectivity index (χ3v) is 10.9. The summed E-state index contributed by atoms with van der Waals surface area (Å²) in [6, 6.07) is 5.67. The van der Waals surface area contributed by atoms with Crippen LogP contribution in [-0.4, -0.2) is 64.2 Å². The maximum atomic E-state index is 16.1. The molecule has 9 aromatic rings. The van der Waals surface area contributed by atoms with Crippen LogP contribution in [0.1, 0.15) is 66.4 Å². The van der Waals surface area contributed by atoms with Gasteiger partial charge >= 0.3 is 0 Å². The van der Waals surface area contributed by atoms with Crippen LogP contribution in [0.2, 0.25) is 5.15 Å². The number of aromatic nitrogens is 10. The molecule has 7 aromatic heterocycles. The Morgan fingerprint density at radius 1 is 0.697 bits per heavy atom. The molecule has 10 rings (SSSR count). The van der Waals surface area contributed by atoms with Gasteiger partial charge in [-0.3, -0.25) is 4.68 Å². The number of anilines is 2. The van der Waals surface area contributed by atoms with Gasteiger partial charge in [-0.2, -0.15) is 5.10 Å². The molecule has 7 heterocycles. The molecule has 0 aliphatic heterocycles. The number of aromatic amines is 2. The zero-order valence-electron chi connectivity index (χ0n) is 36.8. The number of ether oxygens (including phenoxy) is 2. The summed E-state index contributed by atoms with van der Waals surface area (Å²) in [5.74, 6) is 3.23. The van der Waals surface area contributed by atoms with Gasteiger partial charge in [-0.1, -0.05) is 29.3 Å². The number of fused-ring (bicyclic) bond motifs is 6. The van der Waals surface area contributed by atoms with E-state index in [1.807, 2.05) is 26.1 Å². The van der Waals surface area contributed by atoms with E-state index in [-0.39, 0.29) is 208 Å². The number of hydrogen-bond acceptors (Lipinski definition) is 12. The number of methoxy groups -OCH3 is 2. The van der Waals surface area contributed by atoms with Crippen LogP contribution in [0.25, 0.3) is 66.1 Å². The number of benzene rings is 2. The van der Waals surface area contributed by atoms with E-state index in [4.69, 9.17) is 30.1 Å². The predicted molar refractivity (Wildman–Crippen MR) is 225 cm³/mol. The van der Waals surface area contributed by atoms with E-state index in [0.717, 1.165) is 24.4 Å². The van der Waals surface area contributed by atoms with Gasteiger partial charge < -0.3 is 33.8 Å². The molecule has 5 radical (unpaired) electrons. The van der Waals surface area contributed by atoms with Crippen molar-refractivity contribution in [3.05, 3.63) is 75.2 Å². The monoisotopic (exact) mass is 1390 g/mol. The summed E-state index contributed by atoms with van der Waals surface area (Å²) in [5.41, 5.74) is 7.03. The molecule has 335 valence electrons. The van der Waals surface area contributed by atoms with E-state index in [1.54, 1.807) is 45.4 Å². The molecular formula is C42H42ClF2N11O4PdY5. The van der Waals surface area contributed by atoms with E-state index in [2.05, 4.69) is 50.6 Å². The Kier molecular flexibility index (Phi) is 23.2. The minimum absolute atomic E-state index is 0. The Morgan fingerprint density at radius 3 is 1.59 bits per heavy atom. The van der Waals surface area contributed by atoms with Crippen LogP contribution >= 0.6 is 11.6 Å². The molecule has 1 saturated carbocycles. The molecule has 0 saturated heterocycles. The average molecular weight is 1390 g/mol. The SMILES string of the molecule is C.COc1c(-c2c(C)noc2C)cc2[nH]c3nc(C)nc(Cl)c3c2c1F.COc1c(-c2c(C)noc2C)cc2[nH]c3nc(C)nc(Nc4cc(C5CC5)nn4C)c3c2c1F.[Pd].[Y].[Y].[Y].[Y].[Y]. The van der Waals surface area contributed by atoms with Crippen molar-refractivity contribution in [2.75, 3.05) is 19.5 Å². The Labute approximate surface area is 523 Å². The molecule has 0 amide bonds. The van der Waals surface area contributed by atoms with Crippen LogP contribution in [0.5, 0.6) is 11.5 Å². The Balaban J connectivity index is 0.000000425. The Morgan fingerprint density at radius 2 is 1.15 bits per heavy atom. The van der Waals surface area contributed by atoms with E-state index in [9.17, 15) is 0 Å². The van der Waals surface area contributed by atoms with Crippen LogP contribution in [0.15, 0.2) is 27.2 Å².